The maximum atomic E-state index is 2.47. The zero-order chi connectivity index (χ0) is 17.2. The molecule has 2 aromatic carbocycles. The quantitative estimate of drug-likeness (QED) is 0.551. The van der Waals surface area contributed by atoms with E-state index in [0.29, 0.717) is 0 Å². The lowest BCUT2D eigenvalue weighted by Gasteiger charge is -2.19. The molecule has 24 heavy (non-hydrogen) atoms. The number of rotatable bonds is 9. The van der Waals surface area contributed by atoms with Gasteiger partial charge >= 0.3 is 0 Å². The summed E-state index contributed by atoms with van der Waals surface area (Å²) in [5.41, 5.74) is 5.54. The Labute approximate surface area is 148 Å². The second-order valence-electron chi connectivity index (χ2n) is 6.50. The van der Waals surface area contributed by atoms with E-state index in [0.717, 1.165) is 19.6 Å². The molecule has 0 atom stereocenters. The predicted octanol–water partition coefficient (Wildman–Crippen LogP) is 5.95. The lowest BCUT2D eigenvalue weighted by Crippen LogP contribution is -2.22. The first-order valence-corrected chi connectivity index (χ1v) is 9.25. The zero-order valence-electron chi connectivity index (χ0n) is 15.5. The number of likely N-dealkylation sites (N-methyl/N-ethyl adjacent to an activating group) is 1. The fourth-order valence-electron chi connectivity index (χ4n) is 2.85. The van der Waals surface area contributed by atoms with E-state index in [1.54, 1.807) is 0 Å². The highest BCUT2D eigenvalue weighted by atomic mass is 15.1. The van der Waals surface area contributed by atoms with Gasteiger partial charge in [-0.3, -0.25) is 4.90 Å². The summed E-state index contributed by atoms with van der Waals surface area (Å²) in [6.45, 7) is 9.77. The van der Waals surface area contributed by atoms with Crippen LogP contribution in [0.25, 0.3) is 5.57 Å². The summed E-state index contributed by atoms with van der Waals surface area (Å²) in [5, 5.41) is 0. The van der Waals surface area contributed by atoms with Crippen LogP contribution in [0, 0.1) is 0 Å². The van der Waals surface area contributed by atoms with Crippen molar-refractivity contribution in [2.24, 2.45) is 0 Å². The molecule has 0 aliphatic carbocycles. The normalized spacial score (nSPS) is 11.9. The summed E-state index contributed by atoms with van der Waals surface area (Å²) in [5.74, 6) is 0. The Balaban J connectivity index is 1.93. The van der Waals surface area contributed by atoms with E-state index < -0.39 is 0 Å². The molecular weight excluding hydrogens is 290 g/mol. The molecular formula is C23H31N. The molecule has 2 aromatic rings. The number of hydrogen-bond donors (Lipinski definition) is 0. The summed E-state index contributed by atoms with van der Waals surface area (Å²) in [4.78, 5) is 2.47. The highest BCUT2D eigenvalue weighted by molar-refractivity contribution is 5.63. The molecule has 1 heteroatoms. The van der Waals surface area contributed by atoms with Crippen LogP contribution in [0.1, 0.15) is 50.3 Å². The molecule has 0 amide bonds. The monoisotopic (exact) mass is 321 g/mol. The number of hydrogen-bond acceptors (Lipinski definition) is 1. The summed E-state index contributed by atoms with van der Waals surface area (Å²) in [7, 11) is 0. The molecule has 2 rings (SSSR count). The largest absolute Gasteiger partial charge is 0.296 e. The highest BCUT2D eigenvalue weighted by Gasteiger charge is 2.03. The van der Waals surface area contributed by atoms with E-state index in [2.05, 4.69) is 86.3 Å². The summed E-state index contributed by atoms with van der Waals surface area (Å²) in [6, 6.07) is 19.8. The molecule has 128 valence electrons. The third kappa shape index (κ3) is 5.98. The third-order valence-corrected chi connectivity index (χ3v) is 4.58. The van der Waals surface area contributed by atoms with Crippen molar-refractivity contribution < 1.29 is 0 Å². The van der Waals surface area contributed by atoms with Gasteiger partial charge in [0.25, 0.3) is 0 Å². The molecule has 0 radical (unpaired) electrons. The average Bonchev–Trinajstić information content (AvgIpc) is 2.64. The third-order valence-electron chi connectivity index (χ3n) is 4.58. The first kappa shape index (κ1) is 18.5. The molecule has 0 spiro atoms. The molecule has 0 saturated heterocycles. The molecule has 0 saturated carbocycles. The van der Waals surface area contributed by atoms with Crippen molar-refractivity contribution in [1.29, 1.82) is 0 Å². The Morgan fingerprint density at radius 3 is 2.25 bits per heavy atom. The first-order chi connectivity index (χ1) is 11.7. The fraction of sp³-hybridized carbons (Fsp3) is 0.391. The van der Waals surface area contributed by atoms with E-state index in [1.807, 2.05) is 0 Å². The molecule has 0 N–H and O–H groups in total. The lowest BCUT2D eigenvalue weighted by molar-refractivity contribution is 0.311. The zero-order valence-corrected chi connectivity index (χ0v) is 15.5. The van der Waals surface area contributed by atoms with Gasteiger partial charge in [-0.25, -0.2) is 0 Å². The van der Waals surface area contributed by atoms with Crippen molar-refractivity contribution in [2.45, 2.75) is 46.6 Å². The number of allylic oxidation sites excluding steroid dienone is 1. The minimum Gasteiger partial charge on any atom is -0.296 e. The van der Waals surface area contributed by atoms with Gasteiger partial charge in [0.2, 0.25) is 0 Å². The number of aryl methyl sites for hydroxylation is 1. The SMILES string of the molecule is CCCCc1ccc(/C(C)=C/CN(CC)Cc2ccccc2)cc1. The molecule has 0 aromatic heterocycles. The van der Waals surface area contributed by atoms with Crippen molar-refractivity contribution in [1.82, 2.24) is 4.90 Å². The standard InChI is InChI=1S/C23H31N/c1-4-6-10-21-13-15-23(16-14-21)20(3)17-18-24(5-2)19-22-11-8-7-9-12-22/h7-9,11-17H,4-6,10,18-19H2,1-3H3/b20-17+. The predicted molar refractivity (Wildman–Crippen MR) is 106 cm³/mol. The Kier molecular flexibility index (Phi) is 7.77. The van der Waals surface area contributed by atoms with Crippen molar-refractivity contribution in [2.75, 3.05) is 13.1 Å². The van der Waals surface area contributed by atoms with Crippen molar-refractivity contribution in [3.05, 3.63) is 77.4 Å². The number of benzene rings is 2. The van der Waals surface area contributed by atoms with Crippen LogP contribution in [0.2, 0.25) is 0 Å². The van der Waals surface area contributed by atoms with Crippen LogP contribution in [0.4, 0.5) is 0 Å². The number of unbranched alkanes of at least 4 members (excludes halogenated alkanes) is 1. The van der Waals surface area contributed by atoms with Gasteiger partial charge in [-0.15, -0.1) is 0 Å². The van der Waals surface area contributed by atoms with Crippen LogP contribution >= 0.6 is 0 Å². The van der Waals surface area contributed by atoms with E-state index in [-0.39, 0.29) is 0 Å². The summed E-state index contributed by atoms with van der Waals surface area (Å²) < 4.78 is 0. The topological polar surface area (TPSA) is 3.24 Å². The van der Waals surface area contributed by atoms with Crippen LogP contribution in [-0.2, 0) is 13.0 Å². The Hall–Kier alpha value is -1.86. The van der Waals surface area contributed by atoms with E-state index in [4.69, 9.17) is 0 Å². The van der Waals surface area contributed by atoms with E-state index >= 15 is 0 Å². The second-order valence-corrected chi connectivity index (χ2v) is 6.50. The van der Waals surface area contributed by atoms with Crippen LogP contribution in [0.3, 0.4) is 0 Å². The molecule has 0 aliphatic rings. The minimum absolute atomic E-state index is 0.995. The van der Waals surface area contributed by atoms with Gasteiger partial charge in [-0.05, 0) is 48.6 Å². The Morgan fingerprint density at radius 1 is 0.917 bits per heavy atom. The van der Waals surface area contributed by atoms with Crippen molar-refractivity contribution in [3.8, 4) is 0 Å². The van der Waals surface area contributed by atoms with Crippen LogP contribution in [-0.4, -0.2) is 18.0 Å². The summed E-state index contributed by atoms with van der Waals surface area (Å²) >= 11 is 0. The number of nitrogens with zero attached hydrogens (tertiary/aromatic N) is 1. The highest BCUT2D eigenvalue weighted by Crippen LogP contribution is 2.16. The molecule has 0 fully saturated rings. The molecule has 0 heterocycles. The first-order valence-electron chi connectivity index (χ1n) is 9.25. The Morgan fingerprint density at radius 2 is 1.62 bits per heavy atom. The molecule has 0 bridgehead atoms. The Bertz CT molecular complexity index is 610. The van der Waals surface area contributed by atoms with Crippen LogP contribution < -0.4 is 0 Å². The summed E-state index contributed by atoms with van der Waals surface area (Å²) in [6.07, 6.45) is 6.09. The van der Waals surface area contributed by atoms with Gasteiger partial charge < -0.3 is 0 Å². The van der Waals surface area contributed by atoms with Gasteiger partial charge in [0.05, 0.1) is 0 Å². The van der Waals surface area contributed by atoms with Gasteiger partial charge in [-0.2, -0.15) is 0 Å². The molecule has 0 aliphatic heterocycles. The van der Waals surface area contributed by atoms with Crippen LogP contribution in [0.5, 0.6) is 0 Å². The van der Waals surface area contributed by atoms with E-state index in [1.165, 1.54) is 41.5 Å². The minimum atomic E-state index is 0.995. The maximum absolute atomic E-state index is 2.47. The van der Waals surface area contributed by atoms with E-state index in [9.17, 15) is 0 Å². The molecule has 1 nitrogen and oxygen atoms in total. The van der Waals surface area contributed by atoms with Gasteiger partial charge in [-0.1, -0.05) is 80.9 Å². The lowest BCUT2D eigenvalue weighted by atomic mass is 10.0. The van der Waals surface area contributed by atoms with Crippen LogP contribution in [0.15, 0.2) is 60.7 Å². The second kappa shape index (κ2) is 10.1. The maximum Gasteiger partial charge on any atom is 0.0236 e. The van der Waals surface area contributed by atoms with Gasteiger partial charge in [0, 0.05) is 13.1 Å². The smallest absolute Gasteiger partial charge is 0.0236 e. The van der Waals surface area contributed by atoms with Crippen molar-refractivity contribution in [3.63, 3.8) is 0 Å². The van der Waals surface area contributed by atoms with Gasteiger partial charge in [0.1, 0.15) is 0 Å². The average molecular weight is 322 g/mol. The molecule has 0 unspecified atom stereocenters. The van der Waals surface area contributed by atoms with Gasteiger partial charge in [0.15, 0.2) is 0 Å². The fourth-order valence-corrected chi connectivity index (χ4v) is 2.85. The van der Waals surface area contributed by atoms with Crippen molar-refractivity contribution >= 4 is 5.57 Å².